The molecular formula is C18H17Cl2N5O6S2. The van der Waals surface area contributed by atoms with Crippen LogP contribution in [-0.2, 0) is 42.6 Å². The fourth-order valence-electron chi connectivity index (χ4n) is 3.50. The van der Waals surface area contributed by atoms with Gasteiger partial charge in [0, 0.05) is 19.9 Å². The number of tetrazole rings is 1. The summed E-state index contributed by atoms with van der Waals surface area (Å²) in [6.45, 7) is -0.153. The summed E-state index contributed by atoms with van der Waals surface area (Å²) in [5, 5.41) is 10.9. The van der Waals surface area contributed by atoms with Crippen LogP contribution in [0.2, 0.25) is 10.0 Å². The van der Waals surface area contributed by atoms with Crippen molar-refractivity contribution in [2.45, 2.75) is 23.2 Å². The number of rotatable bonds is 7. The summed E-state index contributed by atoms with van der Waals surface area (Å²) in [6.07, 6.45) is -1.18. The number of sulfone groups is 1. The fourth-order valence-corrected chi connectivity index (χ4v) is 6.84. The van der Waals surface area contributed by atoms with E-state index in [0.717, 1.165) is 16.7 Å². The van der Waals surface area contributed by atoms with E-state index in [0.29, 0.717) is 20.8 Å². The molecule has 1 amide bonds. The van der Waals surface area contributed by atoms with Crippen molar-refractivity contribution in [3.05, 3.63) is 45.1 Å². The van der Waals surface area contributed by atoms with E-state index in [-0.39, 0.29) is 23.6 Å². The van der Waals surface area contributed by atoms with Crippen LogP contribution in [0.15, 0.2) is 34.6 Å². The topological polar surface area (TPSA) is 134 Å². The largest absolute Gasteiger partial charge is 0.456 e. The molecule has 1 aromatic heterocycles. The molecule has 11 nitrogen and oxygen atoms in total. The molecule has 176 valence electrons. The highest BCUT2D eigenvalue weighted by Crippen LogP contribution is 2.39. The first-order chi connectivity index (χ1) is 15.6. The molecule has 2 atom stereocenters. The van der Waals surface area contributed by atoms with Crippen molar-refractivity contribution >= 4 is 56.7 Å². The standard InChI is InChI=1S/C18H17Cl2N5O6S2/c1-24-18(21-22-23-24)32-7-10-8-33(28,29)16-14(30-2)15(26)25(16)13(10)17(27)31-6-9-3-4-11(19)12(20)5-9/h3-5,14,16H,6-8H2,1-2H3/t14-,16+/m0/s1. The minimum atomic E-state index is -3.80. The third kappa shape index (κ3) is 4.47. The number of nitrogens with zero attached hydrogens (tertiary/aromatic N) is 5. The molecule has 33 heavy (non-hydrogen) atoms. The molecule has 0 bridgehead atoms. The van der Waals surface area contributed by atoms with Crippen molar-refractivity contribution in [2.75, 3.05) is 18.6 Å². The average Bonchev–Trinajstić information content (AvgIpc) is 3.17. The predicted octanol–water partition coefficient (Wildman–Crippen LogP) is 1.22. The summed E-state index contributed by atoms with van der Waals surface area (Å²) in [5.74, 6) is -1.85. The molecule has 1 aromatic carbocycles. The van der Waals surface area contributed by atoms with Crippen LogP contribution < -0.4 is 0 Å². The number of hydrogen-bond donors (Lipinski definition) is 0. The third-order valence-electron chi connectivity index (χ3n) is 5.07. The number of esters is 1. The third-order valence-corrected chi connectivity index (χ3v) is 8.85. The number of carbonyl (C=O) groups excluding carboxylic acids is 2. The van der Waals surface area contributed by atoms with Gasteiger partial charge in [-0.2, -0.15) is 0 Å². The highest BCUT2D eigenvalue weighted by atomic mass is 35.5. The van der Waals surface area contributed by atoms with Gasteiger partial charge in [0.25, 0.3) is 5.91 Å². The highest BCUT2D eigenvalue weighted by molar-refractivity contribution is 7.99. The number of benzene rings is 1. The Morgan fingerprint density at radius 3 is 2.70 bits per heavy atom. The van der Waals surface area contributed by atoms with Gasteiger partial charge in [-0.3, -0.25) is 9.69 Å². The second-order valence-corrected chi connectivity index (χ2v) is 11.1. The second kappa shape index (κ2) is 9.22. The summed E-state index contributed by atoms with van der Waals surface area (Å²) in [7, 11) is -0.934. The Balaban J connectivity index is 1.64. The smallest absolute Gasteiger partial charge is 0.355 e. The SMILES string of the molecule is CO[C@H]1C(=O)N2C(C(=O)OCc3ccc(Cl)c(Cl)c3)=C(CSc3nnnn3C)CS(=O)(=O)[C@H]12. The summed E-state index contributed by atoms with van der Waals surface area (Å²) >= 11 is 13.0. The number of amides is 1. The molecule has 1 saturated heterocycles. The van der Waals surface area contributed by atoms with Crippen molar-refractivity contribution in [1.82, 2.24) is 25.1 Å². The van der Waals surface area contributed by atoms with Crippen LogP contribution in [0.4, 0.5) is 0 Å². The zero-order valence-electron chi connectivity index (χ0n) is 17.3. The molecule has 0 unspecified atom stereocenters. The molecule has 0 saturated carbocycles. The molecule has 0 aliphatic carbocycles. The van der Waals surface area contributed by atoms with Crippen LogP contribution in [0.5, 0.6) is 0 Å². The summed E-state index contributed by atoms with van der Waals surface area (Å²) in [5.41, 5.74) is 0.668. The maximum atomic E-state index is 13.1. The quantitative estimate of drug-likeness (QED) is 0.290. The summed E-state index contributed by atoms with van der Waals surface area (Å²) in [4.78, 5) is 26.7. The Hall–Kier alpha value is -2.19. The summed E-state index contributed by atoms with van der Waals surface area (Å²) in [6, 6.07) is 4.75. The van der Waals surface area contributed by atoms with Crippen LogP contribution in [0, 0.1) is 0 Å². The molecule has 2 aliphatic rings. The Morgan fingerprint density at radius 1 is 1.30 bits per heavy atom. The Morgan fingerprint density at radius 2 is 2.06 bits per heavy atom. The lowest BCUT2D eigenvalue weighted by Gasteiger charge is -2.48. The molecule has 0 N–H and O–H groups in total. The lowest BCUT2D eigenvalue weighted by molar-refractivity contribution is -0.164. The van der Waals surface area contributed by atoms with Crippen LogP contribution in [0.3, 0.4) is 0 Å². The molecular weight excluding hydrogens is 517 g/mol. The number of methoxy groups -OCH3 is 1. The molecule has 2 aromatic rings. The van der Waals surface area contributed by atoms with E-state index in [9.17, 15) is 18.0 Å². The van der Waals surface area contributed by atoms with Crippen LogP contribution in [0.25, 0.3) is 0 Å². The van der Waals surface area contributed by atoms with E-state index in [1.54, 1.807) is 25.2 Å². The number of aromatic nitrogens is 4. The Kier molecular flexibility index (Phi) is 6.69. The molecule has 0 radical (unpaired) electrons. The van der Waals surface area contributed by atoms with Crippen molar-refractivity contribution < 1.29 is 27.5 Å². The van der Waals surface area contributed by atoms with Crippen LogP contribution >= 0.6 is 35.0 Å². The van der Waals surface area contributed by atoms with Gasteiger partial charge >= 0.3 is 5.97 Å². The molecule has 4 rings (SSSR count). The first kappa shape index (κ1) is 24.0. The number of thioether (sulfide) groups is 1. The van der Waals surface area contributed by atoms with Gasteiger partial charge in [-0.25, -0.2) is 17.9 Å². The first-order valence-electron chi connectivity index (χ1n) is 9.39. The lowest BCUT2D eigenvalue weighted by Crippen LogP contribution is -2.70. The fraction of sp³-hybridized carbons (Fsp3) is 0.389. The van der Waals surface area contributed by atoms with Crippen molar-refractivity contribution in [2.24, 2.45) is 7.05 Å². The number of ether oxygens (including phenoxy) is 2. The molecule has 15 heteroatoms. The number of fused-ring (bicyclic) bond motifs is 1. The minimum absolute atomic E-state index is 0.0544. The number of halogens is 2. The minimum Gasteiger partial charge on any atom is -0.456 e. The lowest BCUT2D eigenvalue weighted by atomic mass is 10.1. The monoisotopic (exact) mass is 533 g/mol. The van der Waals surface area contributed by atoms with E-state index in [1.807, 2.05) is 0 Å². The average molecular weight is 534 g/mol. The van der Waals surface area contributed by atoms with E-state index in [4.69, 9.17) is 32.7 Å². The normalized spacial score (nSPS) is 21.6. The van der Waals surface area contributed by atoms with Crippen molar-refractivity contribution in [1.29, 1.82) is 0 Å². The van der Waals surface area contributed by atoms with Gasteiger partial charge in [0.15, 0.2) is 21.3 Å². The van der Waals surface area contributed by atoms with Gasteiger partial charge < -0.3 is 9.47 Å². The first-order valence-corrected chi connectivity index (χ1v) is 12.9. The van der Waals surface area contributed by atoms with Gasteiger partial charge in [0.05, 0.1) is 15.8 Å². The molecule has 0 spiro atoms. The van der Waals surface area contributed by atoms with Crippen molar-refractivity contribution in [3.8, 4) is 0 Å². The van der Waals surface area contributed by atoms with E-state index in [1.165, 1.54) is 11.8 Å². The number of hydrogen-bond acceptors (Lipinski definition) is 10. The predicted molar refractivity (Wildman–Crippen MR) is 118 cm³/mol. The zero-order chi connectivity index (χ0) is 23.9. The van der Waals surface area contributed by atoms with Gasteiger partial charge in [-0.05, 0) is 33.7 Å². The van der Waals surface area contributed by atoms with Gasteiger partial charge in [-0.15, -0.1) is 5.10 Å². The molecule has 1 fully saturated rings. The van der Waals surface area contributed by atoms with E-state index >= 15 is 0 Å². The van der Waals surface area contributed by atoms with E-state index < -0.39 is 38.9 Å². The van der Waals surface area contributed by atoms with Gasteiger partial charge in [-0.1, -0.05) is 41.0 Å². The number of carbonyl (C=O) groups is 2. The van der Waals surface area contributed by atoms with E-state index in [2.05, 4.69) is 15.5 Å². The van der Waals surface area contributed by atoms with Crippen molar-refractivity contribution in [3.63, 3.8) is 0 Å². The van der Waals surface area contributed by atoms with Crippen LogP contribution in [0.1, 0.15) is 5.56 Å². The van der Waals surface area contributed by atoms with Gasteiger partial charge in [0.1, 0.15) is 12.3 Å². The number of aryl methyl sites for hydroxylation is 1. The summed E-state index contributed by atoms with van der Waals surface area (Å²) < 4.78 is 37.6. The Labute approximate surface area is 202 Å². The number of β-lactam (4-membered cyclic amide) rings is 1. The maximum Gasteiger partial charge on any atom is 0.355 e. The van der Waals surface area contributed by atoms with Crippen LogP contribution in [-0.4, -0.2) is 75.5 Å². The maximum absolute atomic E-state index is 13.1. The zero-order valence-corrected chi connectivity index (χ0v) is 20.4. The van der Waals surface area contributed by atoms with Gasteiger partial charge in [0.2, 0.25) is 5.16 Å². The Bertz CT molecular complexity index is 1260. The second-order valence-electron chi connectivity index (χ2n) is 7.21. The highest BCUT2D eigenvalue weighted by Gasteiger charge is 2.60. The molecule has 2 aliphatic heterocycles. The molecule has 3 heterocycles.